The number of carbonyl (C=O) groups is 1. The fourth-order valence-electron chi connectivity index (χ4n) is 3.87. The molecular formula is C25H31N3O3. The number of fused-ring (bicyclic) bond motifs is 1. The van der Waals surface area contributed by atoms with E-state index in [1.807, 2.05) is 71.0 Å². The molecule has 3 aromatic rings. The molecule has 0 saturated heterocycles. The summed E-state index contributed by atoms with van der Waals surface area (Å²) < 4.78 is 6.91. The Morgan fingerprint density at radius 3 is 2.48 bits per heavy atom. The standard InChI is InChI=1S/C25H31N3O3/c1-16(2)24(29)27(13-14-31-6)19(5)23-26-21-10-8-7-9-20(21)25(30)28(23)22-12-11-17(3)15-18(22)4/h7-12,15-16,19H,13-14H2,1-6H3. The SMILES string of the molecule is COCCN(C(=O)C(C)C)C(C)c1nc2ccccc2c(=O)n1-c1ccc(C)cc1C. The van der Waals surface area contributed by atoms with Gasteiger partial charge in [-0.15, -0.1) is 0 Å². The van der Waals surface area contributed by atoms with Crippen LogP contribution in [0.4, 0.5) is 0 Å². The summed E-state index contributed by atoms with van der Waals surface area (Å²) in [7, 11) is 1.61. The molecule has 0 N–H and O–H groups in total. The third-order valence-electron chi connectivity index (χ3n) is 5.55. The number of amides is 1. The molecule has 3 rings (SSSR count). The van der Waals surface area contributed by atoms with Gasteiger partial charge in [0.1, 0.15) is 5.82 Å². The second kappa shape index (κ2) is 9.43. The van der Waals surface area contributed by atoms with Crippen LogP contribution in [0.15, 0.2) is 47.3 Å². The second-order valence-electron chi connectivity index (χ2n) is 8.27. The lowest BCUT2D eigenvalue weighted by atomic mass is 10.1. The van der Waals surface area contributed by atoms with Crippen molar-refractivity contribution >= 4 is 16.8 Å². The lowest BCUT2D eigenvalue weighted by molar-refractivity contribution is -0.137. The van der Waals surface area contributed by atoms with Gasteiger partial charge in [0.2, 0.25) is 5.91 Å². The van der Waals surface area contributed by atoms with Gasteiger partial charge in [0, 0.05) is 19.6 Å². The average Bonchev–Trinajstić information content (AvgIpc) is 2.74. The summed E-state index contributed by atoms with van der Waals surface area (Å²) in [6, 6.07) is 12.9. The molecule has 1 heterocycles. The zero-order chi connectivity index (χ0) is 22.7. The normalized spacial score (nSPS) is 12.4. The van der Waals surface area contributed by atoms with Gasteiger partial charge in [0.25, 0.3) is 5.56 Å². The quantitative estimate of drug-likeness (QED) is 0.574. The van der Waals surface area contributed by atoms with Crippen LogP contribution < -0.4 is 5.56 Å². The molecule has 164 valence electrons. The van der Waals surface area contributed by atoms with Gasteiger partial charge >= 0.3 is 0 Å². The zero-order valence-electron chi connectivity index (χ0n) is 19.2. The molecule has 0 radical (unpaired) electrons. The smallest absolute Gasteiger partial charge is 0.266 e. The lowest BCUT2D eigenvalue weighted by Gasteiger charge is -2.32. The molecule has 6 heteroatoms. The second-order valence-corrected chi connectivity index (χ2v) is 8.27. The highest BCUT2D eigenvalue weighted by Crippen LogP contribution is 2.25. The van der Waals surface area contributed by atoms with Crippen LogP contribution >= 0.6 is 0 Å². The van der Waals surface area contributed by atoms with Gasteiger partial charge in [-0.2, -0.15) is 0 Å². The Labute approximate surface area is 183 Å². The minimum absolute atomic E-state index is 0.000800. The van der Waals surface area contributed by atoms with Crippen LogP contribution in [0.1, 0.15) is 43.8 Å². The van der Waals surface area contributed by atoms with E-state index in [-0.39, 0.29) is 17.4 Å². The maximum absolute atomic E-state index is 13.6. The molecule has 0 aliphatic heterocycles. The number of aromatic nitrogens is 2. The van der Waals surface area contributed by atoms with Crippen LogP contribution in [0, 0.1) is 19.8 Å². The first-order chi connectivity index (χ1) is 14.8. The molecule has 0 aliphatic rings. The summed E-state index contributed by atoms with van der Waals surface area (Å²) in [5, 5.41) is 0.553. The van der Waals surface area contributed by atoms with E-state index in [0.29, 0.717) is 29.9 Å². The van der Waals surface area contributed by atoms with Crippen LogP contribution in [0.2, 0.25) is 0 Å². The fraction of sp³-hybridized carbons (Fsp3) is 0.400. The Morgan fingerprint density at radius 1 is 1.13 bits per heavy atom. The Kier molecular flexibility index (Phi) is 6.91. The number of hydrogen-bond donors (Lipinski definition) is 0. The van der Waals surface area contributed by atoms with Crippen LogP contribution in [-0.4, -0.2) is 40.6 Å². The predicted octanol–water partition coefficient (Wildman–Crippen LogP) is 4.19. The number of aryl methyl sites for hydroxylation is 2. The van der Waals surface area contributed by atoms with Crippen molar-refractivity contribution in [3.05, 3.63) is 69.8 Å². The van der Waals surface area contributed by atoms with E-state index in [4.69, 9.17) is 9.72 Å². The maximum atomic E-state index is 13.6. The van der Waals surface area contributed by atoms with E-state index in [1.165, 1.54) is 0 Å². The van der Waals surface area contributed by atoms with Crippen LogP contribution in [0.25, 0.3) is 16.6 Å². The number of para-hydroxylation sites is 1. The third kappa shape index (κ3) is 4.54. The van der Waals surface area contributed by atoms with Crippen molar-refractivity contribution in [1.29, 1.82) is 0 Å². The Balaban J connectivity index is 2.29. The minimum atomic E-state index is -0.414. The number of rotatable bonds is 7. The largest absolute Gasteiger partial charge is 0.383 e. The van der Waals surface area contributed by atoms with Crippen molar-refractivity contribution in [2.75, 3.05) is 20.3 Å². The Morgan fingerprint density at radius 2 is 1.84 bits per heavy atom. The monoisotopic (exact) mass is 421 g/mol. The summed E-state index contributed by atoms with van der Waals surface area (Å²) in [4.78, 5) is 33.3. The van der Waals surface area contributed by atoms with Gasteiger partial charge in [0.05, 0.1) is 29.2 Å². The Bertz CT molecular complexity index is 1150. The van der Waals surface area contributed by atoms with Crippen molar-refractivity contribution in [3.63, 3.8) is 0 Å². The minimum Gasteiger partial charge on any atom is -0.383 e. The number of hydrogen-bond acceptors (Lipinski definition) is 4. The highest BCUT2D eigenvalue weighted by atomic mass is 16.5. The molecule has 2 aromatic carbocycles. The first-order valence-electron chi connectivity index (χ1n) is 10.6. The molecule has 1 unspecified atom stereocenters. The highest BCUT2D eigenvalue weighted by molar-refractivity contribution is 5.80. The third-order valence-corrected chi connectivity index (χ3v) is 5.55. The first kappa shape index (κ1) is 22.7. The predicted molar refractivity (Wildman–Crippen MR) is 124 cm³/mol. The molecule has 6 nitrogen and oxygen atoms in total. The summed E-state index contributed by atoms with van der Waals surface area (Å²) >= 11 is 0. The van der Waals surface area contributed by atoms with Crippen molar-refractivity contribution in [3.8, 4) is 5.69 Å². The van der Waals surface area contributed by atoms with E-state index < -0.39 is 6.04 Å². The highest BCUT2D eigenvalue weighted by Gasteiger charge is 2.28. The van der Waals surface area contributed by atoms with Gasteiger partial charge in [-0.25, -0.2) is 4.98 Å². The zero-order valence-corrected chi connectivity index (χ0v) is 19.2. The summed E-state index contributed by atoms with van der Waals surface area (Å²) in [6.45, 7) is 10.5. The fourth-order valence-corrected chi connectivity index (χ4v) is 3.87. The van der Waals surface area contributed by atoms with E-state index in [1.54, 1.807) is 22.6 Å². The lowest BCUT2D eigenvalue weighted by Crippen LogP contribution is -2.41. The molecule has 0 bridgehead atoms. The summed E-state index contributed by atoms with van der Waals surface area (Å²) in [5.74, 6) is 0.362. The Hall–Kier alpha value is -2.99. The number of benzene rings is 2. The number of methoxy groups -OCH3 is 1. The molecule has 1 aromatic heterocycles. The van der Waals surface area contributed by atoms with Crippen molar-refractivity contribution in [2.24, 2.45) is 5.92 Å². The molecule has 0 spiro atoms. The van der Waals surface area contributed by atoms with Crippen LogP contribution in [0.5, 0.6) is 0 Å². The molecule has 0 aliphatic carbocycles. The summed E-state index contributed by atoms with van der Waals surface area (Å²) in [5.41, 5.74) is 3.36. The molecular weight excluding hydrogens is 390 g/mol. The van der Waals surface area contributed by atoms with E-state index in [9.17, 15) is 9.59 Å². The average molecular weight is 422 g/mol. The first-order valence-corrected chi connectivity index (χ1v) is 10.6. The van der Waals surface area contributed by atoms with Crippen LogP contribution in [-0.2, 0) is 9.53 Å². The van der Waals surface area contributed by atoms with Crippen molar-refractivity contribution < 1.29 is 9.53 Å². The van der Waals surface area contributed by atoms with E-state index in [2.05, 4.69) is 0 Å². The maximum Gasteiger partial charge on any atom is 0.266 e. The number of nitrogens with zero attached hydrogens (tertiary/aromatic N) is 3. The van der Waals surface area contributed by atoms with Gasteiger partial charge in [-0.05, 0) is 44.5 Å². The summed E-state index contributed by atoms with van der Waals surface area (Å²) in [6.07, 6.45) is 0. The van der Waals surface area contributed by atoms with Gasteiger partial charge < -0.3 is 9.64 Å². The number of ether oxygens (including phenoxy) is 1. The van der Waals surface area contributed by atoms with Crippen molar-refractivity contribution in [2.45, 2.75) is 40.7 Å². The molecule has 1 amide bonds. The van der Waals surface area contributed by atoms with Gasteiger partial charge in [-0.3, -0.25) is 14.2 Å². The molecule has 31 heavy (non-hydrogen) atoms. The van der Waals surface area contributed by atoms with Gasteiger partial charge in [-0.1, -0.05) is 43.7 Å². The van der Waals surface area contributed by atoms with Crippen molar-refractivity contribution in [1.82, 2.24) is 14.5 Å². The number of carbonyl (C=O) groups excluding carboxylic acids is 1. The van der Waals surface area contributed by atoms with E-state index >= 15 is 0 Å². The molecule has 0 fully saturated rings. The molecule has 1 atom stereocenters. The van der Waals surface area contributed by atoms with E-state index in [0.717, 1.165) is 16.8 Å². The topological polar surface area (TPSA) is 64.4 Å². The van der Waals surface area contributed by atoms with Gasteiger partial charge in [0.15, 0.2) is 0 Å². The molecule has 0 saturated carbocycles. The van der Waals surface area contributed by atoms with Crippen LogP contribution in [0.3, 0.4) is 0 Å².